The van der Waals surface area contributed by atoms with Gasteiger partial charge in [-0.15, -0.1) is 0 Å². The number of carbonyl (C=O) groups is 2. The van der Waals surface area contributed by atoms with E-state index in [1.54, 1.807) is 18.2 Å². The average molecular weight is 419 g/mol. The number of hydrogen-bond acceptors (Lipinski definition) is 4. The van der Waals surface area contributed by atoms with Crippen LogP contribution in [0.4, 0.5) is 13.2 Å². The molecule has 0 aliphatic carbocycles. The summed E-state index contributed by atoms with van der Waals surface area (Å²) in [6.45, 7) is -1.17. The minimum Gasteiger partial charge on any atom is -0.340 e. The fraction of sp³-hybridized carbons (Fsp3) is 0.529. The first-order valence-electron chi connectivity index (χ1n) is 8.76. The second kappa shape index (κ2) is 7.70. The topological polar surface area (TPSA) is 78.0 Å². The molecule has 2 saturated heterocycles. The molecule has 0 N–H and O–H groups in total. The van der Waals surface area contributed by atoms with E-state index in [0.717, 1.165) is 0 Å². The Kier molecular flexibility index (Phi) is 5.67. The monoisotopic (exact) mass is 419 g/mol. The smallest absolute Gasteiger partial charge is 0.340 e. The van der Waals surface area contributed by atoms with Gasteiger partial charge in [-0.2, -0.15) is 17.5 Å². The van der Waals surface area contributed by atoms with Gasteiger partial charge < -0.3 is 9.80 Å². The van der Waals surface area contributed by atoms with Crippen LogP contribution < -0.4 is 0 Å². The quantitative estimate of drug-likeness (QED) is 0.728. The zero-order chi connectivity index (χ0) is 20.5. The summed E-state index contributed by atoms with van der Waals surface area (Å²) in [5.74, 6) is -1.93. The maximum Gasteiger partial charge on any atom is 0.406 e. The van der Waals surface area contributed by atoms with Crippen molar-refractivity contribution in [1.29, 1.82) is 0 Å². The maximum absolute atomic E-state index is 12.6. The van der Waals surface area contributed by atoms with E-state index in [1.165, 1.54) is 21.3 Å². The van der Waals surface area contributed by atoms with Crippen molar-refractivity contribution in [2.24, 2.45) is 5.92 Å². The molecule has 3 rings (SSSR count). The molecule has 0 spiro atoms. The lowest BCUT2D eigenvalue weighted by molar-refractivity contribution is -0.157. The lowest BCUT2D eigenvalue weighted by atomic mass is 10.1. The van der Waals surface area contributed by atoms with Crippen molar-refractivity contribution >= 4 is 21.8 Å². The van der Waals surface area contributed by atoms with Crippen molar-refractivity contribution in [3.05, 3.63) is 30.3 Å². The molecule has 1 atom stereocenters. The van der Waals surface area contributed by atoms with E-state index in [2.05, 4.69) is 0 Å². The number of piperazine rings is 1. The number of nitrogens with zero attached hydrogens (tertiary/aromatic N) is 3. The molecule has 0 radical (unpaired) electrons. The summed E-state index contributed by atoms with van der Waals surface area (Å²) in [7, 11) is -3.66. The van der Waals surface area contributed by atoms with E-state index >= 15 is 0 Å². The maximum atomic E-state index is 12.6. The van der Waals surface area contributed by atoms with E-state index in [1.807, 2.05) is 0 Å². The van der Waals surface area contributed by atoms with Gasteiger partial charge in [0.25, 0.3) is 0 Å². The van der Waals surface area contributed by atoms with Crippen LogP contribution in [0.3, 0.4) is 0 Å². The van der Waals surface area contributed by atoms with Crippen LogP contribution in [0.1, 0.15) is 6.42 Å². The first kappa shape index (κ1) is 20.6. The van der Waals surface area contributed by atoms with E-state index in [4.69, 9.17) is 0 Å². The summed E-state index contributed by atoms with van der Waals surface area (Å²) in [5, 5.41) is 0. The van der Waals surface area contributed by atoms with E-state index in [9.17, 15) is 31.2 Å². The second-order valence-corrected chi connectivity index (χ2v) is 8.77. The van der Waals surface area contributed by atoms with Gasteiger partial charge in [-0.25, -0.2) is 8.42 Å². The number of halogens is 3. The van der Waals surface area contributed by atoms with E-state index < -0.39 is 40.5 Å². The second-order valence-electron chi connectivity index (χ2n) is 6.83. The highest BCUT2D eigenvalue weighted by Crippen LogP contribution is 2.26. The third-order valence-electron chi connectivity index (χ3n) is 4.87. The molecule has 28 heavy (non-hydrogen) atoms. The average Bonchev–Trinajstić information content (AvgIpc) is 3.00. The number of hydrogen-bond donors (Lipinski definition) is 0. The van der Waals surface area contributed by atoms with Gasteiger partial charge in [0.1, 0.15) is 6.54 Å². The Hall–Kier alpha value is -2.14. The first-order valence-corrected chi connectivity index (χ1v) is 10.2. The Balaban J connectivity index is 1.58. The predicted molar refractivity (Wildman–Crippen MR) is 92.5 cm³/mol. The molecule has 0 saturated carbocycles. The Morgan fingerprint density at radius 2 is 1.68 bits per heavy atom. The fourth-order valence-corrected chi connectivity index (χ4v) is 4.90. The molecule has 154 valence electrons. The highest BCUT2D eigenvalue weighted by Gasteiger charge is 2.42. The van der Waals surface area contributed by atoms with Crippen molar-refractivity contribution in [1.82, 2.24) is 14.1 Å². The molecule has 2 fully saturated rings. The Bertz CT molecular complexity index is 837. The van der Waals surface area contributed by atoms with Crippen LogP contribution in [-0.2, 0) is 19.6 Å². The van der Waals surface area contributed by atoms with Crippen molar-refractivity contribution in [2.45, 2.75) is 17.5 Å². The van der Waals surface area contributed by atoms with Gasteiger partial charge in [0.05, 0.1) is 10.8 Å². The molecule has 0 unspecified atom stereocenters. The van der Waals surface area contributed by atoms with Gasteiger partial charge in [0, 0.05) is 39.1 Å². The van der Waals surface area contributed by atoms with Crippen molar-refractivity contribution in [2.75, 3.05) is 39.3 Å². The zero-order valence-electron chi connectivity index (χ0n) is 14.9. The van der Waals surface area contributed by atoms with E-state index in [-0.39, 0.29) is 44.0 Å². The number of benzene rings is 1. The summed E-state index contributed by atoms with van der Waals surface area (Å²) >= 11 is 0. The molecule has 7 nitrogen and oxygen atoms in total. The molecule has 2 heterocycles. The Labute approximate surface area is 160 Å². The van der Waals surface area contributed by atoms with Crippen LogP contribution in [0.2, 0.25) is 0 Å². The molecule has 2 amide bonds. The van der Waals surface area contributed by atoms with Gasteiger partial charge in [-0.05, 0) is 12.1 Å². The molecule has 11 heteroatoms. The molecule has 1 aromatic rings. The Morgan fingerprint density at radius 1 is 1.07 bits per heavy atom. The van der Waals surface area contributed by atoms with Crippen molar-refractivity contribution in [3.8, 4) is 0 Å². The standard InChI is InChI=1S/C17H20F3N3O4S/c18-17(19,20)12-22-11-13(10-15(22)24)16(25)21-6-8-23(9-7-21)28(26,27)14-4-2-1-3-5-14/h1-5,13H,6-12H2/t13-/m0/s1. The fourth-order valence-electron chi connectivity index (χ4n) is 3.46. The number of alkyl halides is 3. The van der Waals surface area contributed by atoms with Crippen LogP contribution in [0, 0.1) is 5.92 Å². The Morgan fingerprint density at radius 3 is 2.25 bits per heavy atom. The van der Waals surface area contributed by atoms with Crippen LogP contribution in [0.15, 0.2) is 35.2 Å². The molecular formula is C17H20F3N3O4S. The summed E-state index contributed by atoms with van der Waals surface area (Å²) in [4.78, 5) is 26.6. The van der Waals surface area contributed by atoms with Gasteiger partial charge in [0.2, 0.25) is 21.8 Å². The predicted octanol–water partition coefficient (Wildman–Crippen LogP) is 0.930. The number of amides is 2. The summed E-state index contributed by atoms with van der Waals surface area (Å²) < 4.78 is 64.0. The molecular weight excluding hydrogens is 399 g/mol. The zero-order valence-corrected chi connectivity index (χ0v) is 15.7. The van der Waals surface area contributed by atoms with Crippen LogP contribution in [0.25, 0.3) is 0 Å². The van der Waals surface area contributed by atoms with Crippen LogP contribution in [0.5, 0.6) is 0 Å². The number of rotatable bonds is 4. The van der Waals surface area contributed by atoms with Crippen LogP contribution >= 0.6 is 0 Å². The number of sulfonamides is 1. The van der Waals surface area contributed by atoms with Gasteiger partial charge in [0.15, 0.2) is 0 Å². The van der Waals surface area contributed by atoms with Gasteiger partial charge >= 0.3 is 6.18 Å². The highest BCUT2D eigenvalue weighted by molar-refractivity contribution is 7.89. The summed E-state index contributed by atoms with van der Waals surface area (Å²) in [6.07, 6.45) is -4.76. The molecule has 2 aliphatic heterocycles. The minimum absolute atomic E-state index is 0.0932. The minimum atomic E-state index is -4.51. The lowest BCUT2D eigenvalue weighted by Crippen LogP contribution is -2.52. The molecule has 0 bridgehead atoms. The third kappa shape index (κ3) is 4.46. The van der Waals surface area contributed by atoms with E-state index in [0.29, 0.717) is 4.90 Å². The normalized spacial score (nSPS) is 22.0. The lowest BCUT2D eigenvalue weighted by Gasteiger charge is -2.35. The highest BCUT2D eigenvalue weighted by atomic mass is 32.2. The van der Waals surface area contributed by atoms with Gasteiger partial charge in [-0.1, -0.05) is 18.2 Å². The van der Waals surface area contributed by atoms with Crippen molar-refractivity contribution < 1.29 is 31.2 Å². The summed E-state index contributed by atoms with van der Waals surface area (Å²) in [6, 6.07) is 7.94. The van der Waals surface area contributed by atoms with Crippen LogP contribution in [-0.4, -0.2) is 79.8 Å². The van der Waals surface area contributed by atoms with Crippen molar-refractivity contribution in [3.63, 3.8) is 0 Å². The number of likely N-dealkylation sites (tertiary alicyclic amines) is 1. The molecule has 2 aliphatic rings. The SMILES string of the molecule is O=C1C[C@H](C(=O)N2CCN(S(=O)(=O)c3ccccc3)CC2)CN1CC(F)(F)F. The molecule has 0 aromatic heterocycles. The number of carbonyl (C=O) groups excluding carboxylic acids is 2. The largest absolute Gasteiger partial charge is 0.406 e. The van der Waals surface area contributed by atoms with Gasteiger partial charge in [-0.3, -0.25) is 9.59 Å². The summed E-state index contributed by atoms with van der Waals surface area (Å²) in [5.41, 5.74) is 0. The molecule has 1 aromatic carbocycles. The first-order chi connectivity index (χ1) is 13.1. The third-order valence-corrected chi connectivity index (χ3v) is 6.78.